The van der Waals surface area contributed by atoms with E-state index in [1.807, 2.05) is 12.4 Å². The quantitative estimate of drug-likeness (QED) is 0.346. The number of nitrogens with one attached hydrogen (secondary N) is 1. The fraction of sp³-hybridized carbons (Fsp3) is 0.500. The smallest absolute Gasteiger partial charge is 0.266 e. The largest absolute Gasteiger partial charge is 0.473 e. The molecule has 1 saturated heterocycles. The lowest BCUT2D eigenvalue weighted by atomic mass is 9.93. The van der Waals surface area contributed by atoms with E-state index in [1.165, 1.54) is 30.0 Å². The van der Waals surface area contributed by atoms with E-state index in [0.717, 1.165) is 85.5 Å². The van der Waals surface area contributed by atoms with Gasteiger partial charge in [-0.3, -0.25) is 19.4 Å². The SMILES string of the molecule is CCNc1cc2c(cn1)c(-c1ccc(CN3CCCCC3)nc1)nn2[C@H]1CC[C@@H](Oc2ccc(=O)n(C)n2)CC1. The van der Waals surface area contributed by atoms with Gasteiger partial charge in [-0.25, -0.2) is 9.67 Å². The molecule has 10 nitrogen and oxygen atoms in total. The fourth-order valence-electron chi connectivity index (χ4n) is 5.93. The van der Waals surface area contributed by atoms with Crippen molar-refractivity contribution in [3.8, 4) is 17.1 Å². The zero-order valence-corrected chi connectivity index (χ0v) is 23.4. The van der Waals surface area contributed by atoms with E-state index in [0.29, 0.717) is 5.88 Å². The highest BCUT2D eigenvalue weighted by molar-refractivity contribution is 5.93. The summed E-state index contributed by atoms with van der Waals surface area (Å²) in [6.45, 7) is 6.11. The van der Waals surface area contributed by atoms with Gasteiger partial charge < -0.3 is 10.1 Å². The van der Waals surface area contributed by atoms with Crippen molar-refractivity contribution in [2.45, 2.75) is 70.6 Å². The zero-order chi connectivity index (χ0) is 27.5. The number of anilines is 1. The zero-order valence-electron chi connectivity index (χ0n) is 23.4. The number of fused-ring (bicyclic) bond motifs is 1. The maximum atomic E-state index is 11.7. The van der Waals surface area contributed by atoms with Crippen LogP contribution in [0.1, 0.15) is 63.6 Å². The van der Waals surface area contributed by atoms with Gasteiger partial charge in [0, 0.05) is 61.7 Å². The minimum atomic E-state index is -0.143. The van der Waals surface area contributed by atoms with Gasteiger partial charge in [0.1, 0.15) is 17.6 Å². The maximum Gasteiger partial charge on any atom is 0.266 e. The highest BCUT2D eigenvalue weighted by atomic mass is 16.5. The second-order valence-corrected chi connectivity index (χ2v) is 11.0. The molecule has 4 aromatic rings. The average molecular weight is 543 g/mol. The molecule has 0 atom stereocenters. The topological polar surface area (TPSA) is 103 Å². The Balaban J connectivity index is 1.22. The van der Waals surface area contributed by atoms with Crippen LogP contribution in [-0.4, -0.2) is 60.2 Å². The summed E-state index contributed by atoms with van der Waals surface area (Å²) in [6.07, 6.45) is 11.5. The molecule has 2 aliphatic rings. The van der Waals surface area contributed by atoms with Crippen molar-refractivity contribution in [3.63, 3.8) is 0 Å². The molecule has 0 aromatic carbocycles. The van der Waals surface area contributed by atoms with E-state index in [2.05, 4.69) is 50.1 Å². The molecule has 0 radical (unpaired) electrons. The first kappa shape index (κ1) is 26.4. The lowest BCUT2D eigenvalue weighted by Gasteiger charge is -2.29. The van der Waals surface area contributed by atoms with E-state index >= 15 is 0 Å². The van der Waals surface area contributed by atoms with Crippen LogP contribution in [0.2, 0.25) is 0 Å². The monoisotopic (exact) mass is 542 g/mol. The molecule has 5 heterocycles. The van der Waals surface area contributed by atoms with Crippen LogP contribution >= 0.6 is 0 Å². The summed E-state index contributed by atoms with van der Waals surface area (Å²) in [5.74, 6) is 1.35. The number of piperidine rings is 1. The highest BCUT2D eigenvalue weighted by Crippen LogP contribution is 2.36. The molecule has 0 amide bonds. The number of aryl methyl sites for hydroxylation is 1. The predicted molar refractivity (Wildman–Crippen MR) is 155 cm³/mol. The molecule has 0 spiro atoms. The van der Waals surface area contributed by atoms with Crippen molar-refractivity contribution in [1.29, 1.82) is 0 Å². The molecule has 6 rings (SSSR count). The van der Waals surface area contributed by atoms with Crippen molar-refractivity contribution in [1.82, 2.24) is 34.4 Å². The van der Waals surface area contributed by atoms with Crippen molar-refractivity contribution in [2.75, 3.05) is 25.0 Å². The molecule has 1 saturated carbocycles. The summed E-state index contributed by atoms with van der Waals surface area (Å²) in [4.78, 5) is 23.6. The fourth-order valence-corrected chi connectivity index (χ4v) is 5.93. The highest BCUT2D eigenvalue weighted by Gasteiger charge is 2.27. The average Bonchev–Trinajstić information content (AvgIpc) is 3.35. The van der Waals surface area contributed by atoms with Crippen molar-refractivity contribution >= 4 is 16.7 Å². The van der Waals surface area contributed by atoms with Crippen LogP contribution in [0.25, 0.3) is 22.2 Å². The van der Waals surface area contributed by atoms with Crippen LogP contribution in [0.4, 0.5) is 5.82 Å². The van der Waals surface area contributed by atoms with Gasteiger partial charge in [0.25, 0.3) is 5.56 Å². The first-order valence-corrected chi connectivity index (χ1v) is 14.6. The van der Waals surface area contributed by atoms with Gasteiger partial charge in [0.2, 0.25) is 5.88 Å². The molecule has 0 bridgehead atoms. The van der Waals surface area contributed by atoms with Crippen molar-refractivity contribution in [3.05, 3.63) is 58.8 Å². The molecule has 0 unspecified atom stereocenters. The number of ether oxygens (including phenoxy) is 1. The number of pyridine rings is 2. The second kappa shape index (κ2) is 11.8. The number of aromatic nitrogens is 6. The maximum absolute atomic E-state index is 11.7. The third kappa shape index (κ3) is 5.72. The van der Waals surface area contributed by atoms with E-state index in [1.54, 1.807) is 13.1 Å². The summed E-state index contributed by atoms with van der Waals surface area (Å²) >= 11 is 0. The standard InChI is InChI=1S/C30H38N8O2/c1-3-31-27-17-26-25(19-33-27)30(21-7-8-22(32-18-21)20-37-15-5-4-6-16-37)35-38(26)23-9-11-24(12-10-23)40-28-13-14-29(39)36(2)34-28/h7-8,13-14,17-19,23-24H,3-6,9-12,15-16,20H2,1-2H3,(H,31,33)/t23-,24+. The lowest BCUT2D eigenvalue weighted by molar-refractivity contribution is 0.123. The normalized spacial score (nSPS) is 20.1. The predicted octanol–water partition coefficient (Wildman–Crippen LogP) is 4.57. The summed E-state index contributed by atoms with van der Waals surface area (Å²) < 4.78 is 9.62. The molecule has 1 aliphatic heterocycles. The Hall–Kier alpha value is -3.79. The Morgan fingerprint density at radius 2 is 1.80 bits per heavy atom. The van der Waals surface area contributed by atoms with E-state index in [-0.39, 0.29) is 17.7 Å². The first-order valence-electron chi connectivity index (χ1n) is 14.6. The summed E-state index contributed by atoms with van der Waals surface area (Å²) in [5.41, 5.74) is 3.99. The third-order valence-electron chi connectivity index (χ3n) is 8.10. The molecule has 4 aromatic heterocycles. The number of likely N-dealkylation sites (tertiary alicyclic amines) is 1. The van der Waals surface area contributed by atoms with E-state index in [9.17, 15) is 4.79 Å². The second-order valence-electron chi connectivity index (χ2n) is 11.0. The van der Waals surface area contributed by atoms with Gasteiger partial charge in [0.15, 0.2) is 0 Å². The number of hydrogen-bond acceptors (Lipinski definition) is 8. The van der Waals surface area contributed by atoms with Gasteiger partial charge in [-0.05, 0) is 70.7 Å². The minimum Gasteiger partial charge on any atom is -0.473 e. The number of hydrogen-bond donors (Lipinski definition) is 1. The lowest BCUT2D eigenvalue weighted by Crippen LogP contribution is -2.29. The van der Waals surface area contributed by atoms with Crippen LogP contribution in [0.3, 0.4) is 0 Å². The molecule has 1 aliphatic carbocycles. The Labute approximate surface area is 234 Å². The summed E-state index contributed by atoms with van der Waals surface area (Å²) in [5, 5.41) is 13.8. The van der Waals surface area contributed by atoms with Crippen molar-refractivity contribution in [2.24, 2.45) is 7.05 Å². The molecule has 2 fully saturated rings. The molecular formula is C30H38N8O2. The Morgan fingerprint density at radius 1 is 0.975 bits per heavy atom. The van der Waals surface area contributed by atoms with Crippen LogP contribution in [0.5, 0.6) is 5.88 Å². The molecule has 10 heteroatoms. The van der Waals surface area contributed by atoms with E-state index < -0.39 is 0 Å². The van der Waals surface area contributed by atoms with Gasteiger partial charge in [-0.1, -0.05) is 6.42 Å². The third-order valence-corrected chi connectivity index (χ3v) is 8.10. The molecule has 210 valence electrons. The molecule has 1 N–H and O–H groups in total. The summed E-state index contributed by atoms with van der Waals surface area (Å²) in [6, 6.07) is 9.82. The van der Waals surface area contributed by atoms with Crippen molar-refractivity contribution < 1.29 is 4.74 Å². The van der Waals surface area contributed by atoms with Crippen LogP contribution in [0.15, 0.2) is 47.5 Å². The van der Waals surface area contributed by atoms with Crippen LogP contribution < -0.4 is 15.6 Å². The number of rotatable bonds is 8. The van der Waals surface area contributed by atoms with Crippen LogP contribution in [-0.2, 0) is 13.6 Å². The van der Waals surface area contributed by atoms with Gasteiger partial charge in [0.05, 0.1) is 17.3 Å². The van der Waals surface area contributed by atoms with Gasteiger partial charge in [-0.2, -0.15) is 5.10 Å². The Morgan fingerprint density at radius 3 is 2.52 bits per heavy atom. The Bertz CT molecular complexity index is 1500. The Kier molecular flexibility index (Phi) is 7.77. The molecule has 40 heavy (non-hydrogen) atoms. The summed E-state index contributed by atoms with van der Waals surface area (Å²) in [7, 11) is 1.64. The molecular weight excluding hydrogens is 504 g/mol. The minimum absolute atomic E-state index is 0.0678. The first-order chi connectivity index (χ1) is 19.6. The van der Waals surface area contributed by atoms with Crippen LogP contribution in [0, 0.1) is 0 Å². The van der Waals surface area contributed by atoms with Gasteiger partial charge in [-0.15, -0.1) is 5.10 Å². The number of nitrogens with zero attached hydrogens (tertiary/aromatic N) is 7. The van der Waals surface area contributed by atoms with Gasteiger partial charge >= 0.3 is 0 Å². The van der Waals surface area contributed by atoms with E-state index in [4.69, 9.17) is 14.8 Å².